The predicted molar refractivity (Wildman–Crippen MR) is 103 cm³/mol. The fraction of sp³-hybridized carbons (Fsp3) is 0.450. The van der Waals surface area contributed by atoms with Crippen LogP contribution in [0.4, 0.5) is 19.4 Å². The Labute approximate surface area is 171 Å². The van der Waals surface area contributed by atoms with Gasteiger partial charge < -0.3 is 19.8 Å². The van der Waals surface area contributed by atoms with Crippen molar-refractivity contribution in [1.29, 1.82) is 0 Å². The molecule has 2 N–H and O–H groups in total. The van der Waals surface area contributed by atoms with E-state index in [1.807, 2.05) is 25.1 Å². The Bertz CT molecular complexity index is 993. The van der Waals surface area contributed by atoms with E-state index in [9.17, 15) is 18.4 Å². The maximum absolute atomic E-state index is 13.3. The van der Waals surface area contributed by atoms with Gasteiger partial charge in [0.1, 0.15) is 30.3 Å². The number of primary amides is 1. The smallest absolute Gasteiger partial charge is 0.416 e. The van der Waals surface area contributed by atoms with Crippen LogP contribution in [0.25, 0.3) is 11.4 Å². The number of aromatic nitrogens is 2. The Morgan fingerprint density at radius 1 is 1.40 bits per heavy atom. The molecular formula is C20H22F2N4O4. The minimum Gasteiger partial charge on any atom is -0.488 e. The Balaban J connectivity index is 1.72. The van der Waals surface area contributed by atoms with Crippen molar-refractivity contribution in [1.82, 2.24) is 9.55 Å². The molecule has 2 aliphatic heterocycles. The number of benzene rings is 1. The Hall–Kier alpha value is -3.17. The first-order chi connectivity index (χ1) is 14.2. The summed E-state index contributed by atoms with van der Waals surface area (Å²) in [6, 6.07) is 4.12. The predicted octanol–water partition coefficient (Wildman–Crippen LogP) is 2.59. The first-order valence-electron chi connectivity index (χ1n) is 9.65. The van der Waals surface area contributed by atoms with Crippen LogP contribution in [0.15, 0.2) is 24.4 Å². The number of hydrogen-bond donors (Lipinski definition) is 1. The van der Waals surface area contributed by atoms with Crippen LogP contribution in [0.2, 0.25) is 0 Å². The summed E-state index contributed by atoms with van der Waals surface area (Å²) in [6.07, 6.45) is -1.78. The van der Waals surface area contributed by atoms with Gasteiger partial charge in [-0.2, -0.15) is 0 Å². The number of amides is 2. The largest absolute Gasteiger partial charge is 0.488 e. The monoisotopic (exact) mass is 420 g/mol. The van der Waals surface area contributed by atoms with Gasteiger partial charge in [-0.3, -0.25) is 4.79 Å². The van der Waals surface area contributed by atoms with Crippen LogP contribution in [0.5, 0.6) is 5.75 Å². The van der Waals surface area contributed by atoms with Gasteiger partial charge in [0.15, 0.2) is 5.82 Å². The molecule has 1 fully saturated rings. The van der Waals surface area contributed by atoms with Gasteiger partial charge in [0, 0.05) is 12.1 Å². The minimum atomic E-state index is -2.75. The van der Waals surface area contributed by atoms with Crippen LogP contribution in [-0.2, 0) is 22.5 Å². The molecule has 2 aliphatic rings. The number of imidazole rings is 1. The van der Waals surface area contributed by atoms with E-state index in [2.05, 4.69) is 4.98 Å². The molecule has 0 saturated carbocycles. The topological polar surface area (TPSA) is 99.7 Å². The fourth-order valence-electron chi connectivity index (χ4n) is 3.72. The lowest BCUT2D eigenvalue weighted by Crippen LogP contribution is -2.38. The van der Waals surface area contributed by atoms with Gasteiger partial charge in [-0.15, -0.1) is 0 Å². The maximum Gasteiger partial charge on any atom is 0.416 e. The number of cyclic esters (lactones) is 1. The number of fused-ring (bicyclic) bond motifs is 3. The zero-order valence-corrected chi connectivity index (χ0v) is 16.5. The standard InChI is InChI=1S/C20H22F2N4O4/c1-10(18(23)27)5-12-3-4-13-15(6-12)30-11(2)7-25-8-16(24-19(13)25)26-14(17(21)22)9-29-20(26)28/h3-4,6,8,10-11,14,17H,5,7,9H2,1-2H3,(H2,23,27)/t10-,11+,14+/m1/s1. The molecule has 4 rings (SSSR count). The average Bonchev–Trinajstić information content (AvgIpc) is 3.22. The summed E-state index contributed by atoms with van der Waals surface area (Å²) in [5, 5.41) is 0. The highest BCUT2D eigenvalue weighted by molar-refractivity contribution is 5.89. The van der Waals surface area contributed by atoms with E-state index in [0.29, 0.717) is 30.1 Å². The Morgan fingerprint density at radius 2 is 2.17 bits per heavy atom. The van der Waals surface area contributed by atoms with Crippen molar-refractivity contribution in [2.75, 3.05) is 11.5 Å². The Kier molecular flexibility index (Phi) is 5.08. The SMILES string of the molecule is C[C@H](Cc1ccc2c(c1)O[C@@H](C)Cn1cc(N3C(=O)OC[C@H]3C(F)F)nc1-2)C(N)=O. The fourth-order valence-corrected chi connectivity index (χ4v) is 3.72. The summed E-state index contributed by atoms with van der Waals surface area (Å²) in [7, 11) is 0. The molecular weight excluding hydrogens is 398 g/mol. The summed E-state index contributed by atoms with van der Waals surface area (Å²) in [5.41, 5.74) is 6.91. The van der Waals surface area contributed by atoms with Gasteiger partial charge in [0.25, 0.3) is 6.43 Å². The van der Waals surface area contributed by atoms with Crippen molar-refractivity contribution in [2.24, 2.45) is 11.7 Å². The molecule has 0 bridgehead atoms. The highest BCUT2D eigenvalue weighted by atomic mass is 19.3. The number of ether oxygens (including phenoxy) is 2. The number of alkyl halides is 2. The van der Waals surface area contributed by atoms with Gasteiger partial charge in [-0.1, -0.05) is 13.0 Å². The number of nitrogens with two attached hydrogens (primary N) is 1. The van der Waals surface area contributed by atoms with E-state index < -0.39 is 18.6 Å². The first-order valence-corrected chi connectivity index (χ1v) is 9.65. The van der Waals surface area contributed by atoms with Crippen molar-refractivity contribution in [3.8, 4) is 17.1 Å². The molecule has 1 saturated heterocycles. The van der Waals surface area contributed by atoms with Crippen LogP contribution >= 0.6 is 0 Å². The quantitative estimate of drug-likeness (QED) is 0.802. The third kappa shape index (κ3) is 3.57. The Morgan fingerprint density at radius 3 is 2.87 bits per heavy atom. The van der Waals surface area contributed by atoms with E-state index in [4.69, 9.17) is 15.2 Å². The second-order valence-corrected chi connectivity index (χ2v) is 7.69. The molecule has 8 nitrogen and oxygen atoms in total. The average molecular weight is 420 g/mol. The third-order valence-electron chi connectivity index (χ3n) is 5.30. The second kappa shape index (κ2) is 7.58. The molecule has 0 spiro atoms. The summed E-state index contributed by atoms with van der Waals surface area (Å²) in [5.74, 6) is 0.482. The van der Waals surface area contributed by atoms with Gasteiger partial charge in [-0.05, 0) is 31.0 Å². The highest BCUT2D eigenvalue weighted by Gasteiger charge is 2.42. The van der Waals surface area contributed by atoms with Gasteiger partial charge in [-0.25, -0.2) is 23.5 Å². The number of carbonyl (C=O) groups is 2. The number of rotatable bonds is 5. The molecule has 160 valence electrons. The number of halogens is 2. The van der Waals surface area contributed by atoms with E-state index in [0.717, 1.165) is 10.5 Å². The molecule has 3 heterocycles. The number of nitrogens with zero attached hydrogens (tertiary/aromatic N) is 3. The molecule has 0 aliphatic carbocycles. The molecule has 0 radical (unpaired) electrons. The zero-order valence-electron chi connectivity index (χ0n) is 16.5. The normalized spacial score (nSPS) is 21.5. The minimum absolute atomic E-state index is 0.115. The van der Waals surface area contributed by atoms with Crippen molar-refractivity contribution in [3.63, 3.8) is 0 Å². The number of carbonyl (C=O) groups excluding carboxylic acids is 2. The van der Waals surface area contributed by atoms with Gasteiger partial charge in [0.05, 0.1) is 12.1 Å². The number of anilines is 1. The molecule has 2 amide bonds. The third-order valence-corrected chi connectivity index (χ3v) is 5.30. The first kappa shape index (κ1) is 20.1. The zero-order chi connectivity index (χ0) is 21.6. The molecule has 1 aromatic carbocycles. The van der Waals surface area contributed by atoms with E-state index >= 15 is 0 Å². The van der Waals surface area contributed by atoms with Crippen LogP contribution in [-0.4, -0.2) is 46.7 Å². The van der Waals surface area contributed by atoms with Crippen molar-refractivity contribution >= 4 is 17.8 Å². The molecule has 30 heavy (non-hydrogen) atoms. The lowest BCUT2D eigenvalue weighted by Gasteiger charge is -2.18. The summed E-state index contributed by atoms with van der Waals surface area (Å²) < 4.78 is 39.3. The maximum atomic E-state index is 13.3. The second-order valence-electron chi connectivity index (χ2n) is 7.69. The van der Waals surface area contributed by atoms with Gasteiger partial charge in [0.2, 0.25) is 5.91 Å². The molecule has 1 aromatic heterocycles. The van der Waals surface area contributed by atoms with Crippen LogP contribution < -0.4 is 15.4 Å². The van der Waals surface area contributed by atoms with Gasteiger partial charge >= 0.3 is 6.09 Å². The molecule has 10 heteroatoms. The van der Waals surface area contributed by atoms with Crippen molar-refractivity contribution < 1.29 is 27.8 Å². The van der Waals surface area contributed by atoms with Crippen molar-refractivity contribution in [3.05, 3.63) is 30.0 Å². The lowest BCUT2D eigenvalue weighted by molar-refractivity contribution is -0.121. The van der Waals surface area contributed by atoms with E-state index in [1.54, 1.807) is 17.7 Å². The van der Waals surface area contributed by atoms with E-state index in [1.165, 1.54) is 0 Å². The molecule has 3 atom stereocenters. The summed E-state index contributed by atoms with van der Waals surface area (Å²) in [6.45, 7) is 3.68. The molecule has 0 unspecified atom stereocenters. The summed E-state index contributed by atoms with van der Waals surface area (Å²) in [4.78, 5) is 28.8. The van der Waals surface area contributed by atoms with Crippen LogP contribution in [0.1, 0.15) is 19.4 Å². The summed E-state index contributed by atoms with van der Waals surface area (Å²) >= 11 is 0. The number of hydrogen-bond acceptors (Lipinski definition) is 5. The van der Waals surface area contributed by atoms with Crippen LogP contribution in [0.3, 0.4) is 0 Å². The van der Waals surface area contributed by atoms with Crippen LogP contribution in [0, 0.1) is 5.92 Å². The molecule has 2 aromatic rings. The van der Waals surface area contributed by atoms with Crippen molar-refractivity contribution in [2.45, 2.75) is 45.4 Å². The lowest BCUT2D eigenvalue weighted by atomic mass is 9.99. The highest BCUT2D eigenvalue weighted by Crippen LogP contribution is 2.37. The van der Waals surface area contributed by atoms with E-state index in [-0.39, 0.29) is 30.4 Å².